The third kappa shape index (κ3) is 4.37. The second-order valence-electron chi connectivity index (χ2n) is 8.10. The lowest BCUT2D eigenvalue weighted by atomic mass is 9.98. The summed E-state index contributed by atoms with van der Waals surface area (Å²) in [6.45, 7) is 0.792. The van der Waals surface area contributed by atoms with Crippen LogP contribution in [0.4, 0.5) is 15.2 Å². The lowest BCUT2D eigenvalue weighted by molar-refractivity contribution is -0.120. The molecule has 0 spiro atoms. The molecule has 158 valence electrons. The fourth-order valence-corrected chi connectivity index (χ4v) is 4.73. The van der Waals surface area contributed by atoms with Crippen molar-refractivity contribution in [2.24, 2.45) is 5.92 Å². The van der Waals surface area contributed by atoms with Gasteiger partial charge in [-0.2, -0.15) is 0 Å². The van der Waals surface area contributed by atoms with Crippen molar-refractivity contribution in [1.82, 2.24) is 4.98 Å². The molecule has 0 atom stereocenters. The van der Waals surface area contributed by atoms with Gasteiger partial charge in [0.25, 0.3) is 0 Å². The van der Waals surface area contributed by atoms with Gasteiger partial charge in [0.05, 0.1) is 12.1 Å². The average Bonchev–Trinajstić information content (AvgIpc) is 3.51. The van der Waals surface area contributed by atoms with Gasteiger partial charge in [-0.05, 0) is 61.1 Å². The molecule has 0 bridgehead atoms. The Labute approximate surface area is 183 Å². The summed E-state index contributed by atoms with van der Waals surface area (Å²) in [4.78, 5) is 31.4. The van der Waals surface area contributed by atoms with Crippen molar-refractivity contribution in [3.05, 3.63) is 64.8 Å². The molecule has 1 N–H and O–H groups in total. The van der Waals surface area contributed by atoms with Crippen LogP contribution in [0.3, 0.4) is 0 Å². The van der Waals surface area contributed by atoms with Crippen molar-refractivity contribution in [2.75, 3.05) is 16.8 Å². The van der Waals surface area contributed by atoms with Crippen LogP contribution in [-0.2, 0) is 22.4 Å². The molecule has 2 aliphatic rings. The summed E-state index contributed by atoms with van der Waals surface area (Å²) < 4.78 is 13.3. The quantitative estimate of drug-likeness (QED) is 0.625. The third-order valence-corrected chi connectivity index (χ3v) is 6.45. The zero-order valence-electron chi connectivity index (χ0n) is 16.9. The number of rotatable bonds is 5. The number of nitrogens with one attached hydrogen (secondary N) is 1. The van der Waals surface area contributed by atoms with Gasteiger partial charge in [-0.15, -0.1) is 11.3 Å². The fourth-order valence-electron chi connectivity index (χ4n) is 4.00. The smallest absolute Gasteiger partial charge is 0.230 e. The molecule has 3 aromatic rings. The average molecular weight is 436 g/mol. The first-order valence-corrected chi connectivity index (χ1v) is 11.4. The van der Waals surface area contributed by atoms with E-state index in [1.807, 2.05) is 22.4 Å². The molecule has 0 unspecified atom stereocenters. The number of benzene rings is 2. The van der Waals surface area contributed by atoms with E-state index in [0.29, 0.717) is 10.7 Å². The van der Waals surface area contributed by atoms with Crippen LogP contribution in [0.5, 0.6) is 0 Å². The number of thiazole rings is 1. The van der Waals surface area contributed by atoms with E-state index in [2.05, 4.69) is 16.4 Å². The molecule has 1 aliphatic carbocycles. The van der Waals surface area contributed by atoms with Gasteiger partial charge in [-0.1, -0.05) is 18.2 Å². The summed E-state index contributed by atoms with van der Waals surface area (Å²) in [5.74, 6) is -0.119. The van der Waals surface area contributed by atoms with E-state index in [1.165, 1.54) is 29.0 Å². The first-order valence-electron chi connectivity index (χ1n) is 10.5. The fraction of sp³-hybridized carbons (Fsp3) is 0.292. The summed E-state index contributed by atoms with van der Waals surface area (Å²) in [6.07, 6.45) is 4.02. The molecule has 1 saturated carbocycles. The Hall–Kier alpha value is -3.06. The Kier molecular flexibility index (Phi) is 5.28. The van der Waals surface area contributed by atoms with E-state index >= 15 is 0 Å². The topological polar surface area (TPSA) is 62.3 Å². The lowest BCUT2D eigenvalue weighted by Crippen LogP contribution is -2.36. The van der Waals surface area contributed by atoms with Crippen LogP contribution >= 0.6 is 11.3 Å². The Bertz CT molecular complexity index is 1160. The Balaban J connectivity index is 1.29. The first kappa shape index (κ1) is 19.9. The van der Waals surface area contributed by atoms with E-state index < -0.39 is 0 Å². The minimum atomic E-state index is -0.355. The first-order chi connectivity index (χ1) is 15.1. The van der Waals surface area contributed by atoms with Crippen LogP contribution < -0.4 is 10.2 Å². The summed E-state index contributed by atoms with van der Waals surface area (Å²) in [6, 6.07) is 12.1. The predicted molar refractivity (Wildman–Crippen MR) is 120 cm³/mol. The van der Waals surface area contributed by atoms with E-state index in [9.17, 15) is 14.0 Å². The molecular formula is C24H22FN3O2S. The number of hydrogen-bond acceptors (Lipinski definition) is 4. The predicted octanol–water partition coefficient (Wildman–Crippen LogP) is 4.82. The summed E-state index contributed by atoms with van der Waals surface area (Å²) in [5, 5.41) is 5.22. The van der Waals surface area contributed by atoms with Crippen molar-refractivity contribution in [2.45, 2.75) is 32.1 Å². The van der Waals surface area contributed by atoms with Crippen LogP contribution in [0.1, 0.15) is 30.4 Å². The van der Waals surface area contributed by atoms with Gasteiger partial charge in [0.15, 0.2) is 5.13 Å². The number of aryl methyl sites for hydroxylation is 1. The van der Waals surface area contributed by atoms with E-state index in [1.54, 1.807) is 12.1 Å². The molecule has 31 heavy (non-hydrogen) atoms. The number of anilines is 2. The Morgan fingerprint density at radius 3 is 2.87 bits per heavy atom. The van der Waals surface area contributed by atoms with Gasteiger partial charge >= 0.3 is 0 Å². The van der Waals surface area contributed by atoms with E-state index in [4.69, 9.17) is 0 Å². The van der Waals surface area contributed by atoms with Crippen LogP contribution in [-0.4, -0.2) is 23.3 Å². The van der Waals surface area contributed by atoms with Crippen molar-refractivity contribution in [1.29, 1.82) is 0 Å². The summed E-state index contributed by atoms with van der Waals surface area (Å²) in [7, 11) is 0. The largest absolute Gasteiger partial charge is 0.312 e. The van der Waals surface area contributed by atoms with Crippen LogP contribution in [0.25, 0.3) is 11.3 Å². The normalized spacial score (nSPS) is 15.5. The highest BCUT2D eigenvalue weighted by molar-refractivity contribution is 7.14. The molecule has 7 heteroatoms. The standard InChI is InChI=1S/C24H22FN3O2S/c25-19-5-1-3-15(11-19)12-22(29)27-24-26-20(14-31-24)17-8-9-21-18(13-17)4-2-10-28(21)23(30)16-6-7-16/h1,3,5,8-9,11,13-14,16H,2,4,6-7,10,12H2,(H,26,27,29). The Morgan fingerprint density at radius 2 is 2.06 bits per heavy atom. The highest BCUT2D eigenvalue weighted by atomic mass is 32.1. The molecule has 0 radical (unpaired) electrons. The van der Waals surface area contributed by atoms with Crippen molar-refractivity contribution >= 4 is 34.0 Å². The zero-order valence-corrected chi connectivity index (χ0v) is 17.8. The van der Waals surface area contributed by atoms with Gasteiger partial charge in [-0.3, -0.25) is 9.59 Å². The van der Waals surface area contributed by atoms with Crippen LogP contribution in [0.2, 0.25) is 0 Å². The number of carbonyl (C=O) groups excluding carboxylic acids is 2. The number of fused-ring (bicyclic) bond motifs is 1. The highest BCUT2D eigenvalue weighted by Crippen LogP contribution is 2.37. The number of aromatic nitrogens is 1. The molecular weight excluding hydrogens is 413 g/mol. The molecule has 5 nitrogen and oxygen atoms in total. The summed E-state index contributed by atoms with van der Waals surface area (Å²) >= 11 is 1.36. The number of amides is 2. The molecule has 1 aliphatic heterocycles. The molecule has 1 aromatic heterocycles. The minimum Gasteiger partial charge on any atom is -0.312 e. The SMILES string of the molecule is O=C(Cc1cccc(F)c1)Nc1nc(-c2ccc3c(c2)CCCN3C(=O)C2CC2)cs1. The Morgan fingerprint density at radius 1 is 1.19 bits per heavy atom. The number of carbonyl (C=O) groups is 2. The monoisotopic (exact) mass is 435 g/mol. The zero-order chi connectivity index (χ0) is 21.4. The lowest BCUT2D eigenvalue weighted by Gasteiger charge is -2.30. The molecule has 5 rings (SSSR count). The minimum absolute atomic E-state index is 0.0936. The van der Waals surface area contributed by atoms with Crippen molar-refractivity contribution in [3.8, 4) is 11.3 Å². The van der Waals surface area contributed by atoms with Gasteiger partial charge in [0, 0.05) is 29.1 Å². The van der Waals surface area contributed by atoms with Crippen LogP contribution in [0.15, 0.2) is 47.8 Å². The maximum atomic E-state index is 13.3. The highest BCUT2D eigenvalue weighted by Gasteiger charge is 2.35. The second-order valence-corrected chi connectivity index (χ2v) is 8.96. The molecule has 2 aromatic carbocycles. The summed E-state index contributed by atoms with van der Waals surface area (Å²) in [5.41, 5.74) is 4.57. The maximum Gasteiger partial charge on any atom is 0.230 e. The van der Waals surface area contributed by atoms with Crippen LogP contribution in [0, 0.1) is 11.7 Å². The van der Waals surface area contributed by atoms with E-state index in [0.717, 1.165) is 49.2 Å². The molecule has 0 saturated heterocycles. The van der Waals surface area contributed by atoms with Gasteiger partial charge < -0.3 is 10.2 Å². The van der Waals surface area contributed by atoms with Gasteiger partial charge in [0.2, 0.25) is 11.8 Å². The number of hydrogen-bond donors (Lipinski definition) is 1. The molecule has 2 amide bonds. The van der Waals surface area contributed by atoms with Gasteiger partial charge in [-0.25, -0.2) is 9.37 Å². The molecule has 2 heterocycles. The van der Waals surface area contributed by atoms with Crippen molar-refractivity contribution in [3.63, 3.8) is 0 Å². The molecule has 1 fully saturated rings. The van der Waals surface area contributed by atoms with Gasteiger partial charge in [0.1, 0.15) is 5.82 Å². The maximum absolute atomic E-state index is 13.3. The number of nitrogens with zero attached hydrogens (tertiary/aromatic N) is 2. The number of halogens is 1. The third-order valence-electron chi connectivity index (χ3n) is 5.69. The second kappa shape index (κ2) is 8.23. The van der Waals surface area contributed by atoms with Crippen molar-refractivity contribution < 1.29 is 14.0 Å². The van der Waals surface area contributed by atoms with E-state index in [-0.39, 0.29) is 30.0 Å².